The third-order valence-corrected chi connectivity index (χ3v) is 9.78. The number of allylic oxidation sites excluding steroid dienone is 2. The zero-order valence-corrected chi connectivity index (χ0v) is 17.0. The number of carboxylic acids is 1. The molecule has 4 aliphatic carbocycles. The summed E-state index contributed by atoms with van der Waals surface area (Å²) >= 11 is 0. The summed E-state index contributed by atoms with van der Waals surface area (Å²) in [7, 11) is 0. The Morgan fingerprint density at radius 3 is 2.62 bits per heavy atom. The summed E-state index contributed by atoms with van der Waals surface area (Å²) in [6.45, 7) is 7.53. The van der Waals surface area contributed by atoms with Crippen molar-refractivity contribution in [2.45, 2.75) is 85.0 Å². The van der Waals surface area contributed by atoms with Crippen LogP contribution in [-0.2, 0) is 4.79 Å². The summed E-state index contributed by atoms with van der Waals surface area (Å²) in [5.41, 5.74) is 1.01. The molecule has 0 aromatic rings. The van der Waals surface area contributed by atoms with E-state index in [-0.39, 0.29) is 0 Å². The van der Waals surface area contributed by atoms with E-state index in [0.29, 0.717) is 23.2 Å². The maximum Gasteiger partial charge on any atom is 0.303 e. The van der Waals surface area contributed by atoms with Gasteiger partial charge in [-0.1, -0.05) is 32.9 Å². The number of fused-ring (bicyclic) bond motifs is 5. The van der Waals surface area contributed by atoms with Crippen molar-refractivity contribution in [3.05, 3.63) is 12.2 Å². The van der Waals surface area contributed by atoms with Crippen LogP contribution in [0.5, 0.6) is 0 Å². The molecule has 2 heteroatoms. The van der Waals surface area contributed by atoms with Crippen LogP contribution in [0.2, 0.25) is 0 Å². The van der Waals surface area contributed by atoms with Gasteiger partial charge in [0.25, 0.3) is 0 Å². The first kappa shape index (κ1) is 18.6. The molecule has 4 rings (SSSR count). The maximum absolute atomic E-state index is 11.0. The van der Waals surface area contributed by atoms with Gasteiger partial charge in [-0.15, -0.1) is 0 Å². The first-order valence-electron chi connectivity index (χ1n) is 11.2. The summed E-state index contributed by atoms with van der Waals surface area (Å²) < 4.78 is 0. The van der Waals surface area contributed by atoms with Gasteiger partial charge in [0, 0.05) is 6.42 Å². The van der Waals surface area contributed by atoms with E-state index in [1.165, 1.54) is 51.4 Å². The highest BCUT2D eigenvalue weighted by Crippen LogP contribution is 2.67. The number of aliphatic carboxylic acids is 1. The van der Waals surface area contributed by atoms with E-state index in [1.54, 1.807) is 0 Å². The Kier molecular flexibility index (Phi) is 4.77. The molecule has 0 bridgehead atoms. The van der Waals surface area contributed by atoms with Gasteiger partial charge >= 0.3 is 5.97 Å². The molecule has 1 N–H and O–H groups in total. The summed E-state index contributed by atoms with van der Waals surface area (Å²) in [5, 5.41) is 9.09. The monoisotopic (exact) mass is 358 g/mol. The van der Waals surface area contributed by atoms with Crippen LogP contribution in [0, 0.1) is 46.3 Å². The van der Waals surface area contributed by atoms with Crippen LogP contribution in [-0.4, -0.2) is 11.1 Å². The number of carboxylic acid groups (broad SMARTS) is 1. The smallest absolute Gasteiger partial charge is 0.303 e. The van der Waals surface area contributed by atoms with Crippen LogP contribution in [0.15, 0.2) is 12.2 Å². The molecule has 0 saturated heterocycles. The van der Waals surface area contributed by atoms with E-state index in [0.717, 1.165) is 36.0 Å². The van der Waals surface area contributed by atoms with E-state index in [1.807, 2.05) is 0 Å². The van der Waals surface area contributed by atoms with Crippen molar-refractivity contribution in [2.75, 3.05) is 0 Å². The summed E-state index contributed by atoms with van der Waals surface area (Å²) in [5.74, 6) is 4.34. The predicted octanol–water partition coefficient (Wildman–Crippen LogP) is 6.31. The van der Waals surface area contributed by atoms with Crippen molar-refractivity contribution in [2.24, 2.45) is 46.3 Å². The highest BCUT2D eigenvalue weighted by atomic mass is 16.4. The highest BCUT2D eigenvalue weighted by molar-refractivity contribution is 5.66. The fourth-order valence-electron chi connectivity index (χ4n) is 8.37. The molecule has 146 valence electrons. The summed E-state index contributed by atoms with van der Waals surface area (Å²) in [4.78, 5) is 11.0. The highest BCUT2D eigenvalue weighted by Gasteiger charge is 2.59. The SMILES string of the molecule is C[C@H](CCC(=O)O)[C@H]1CC[C@H]2[C@@H]3CCC4CC=CC[C@]4(C)[C@H]3CC[C@]12C. The fraction of sp³-hybridized carbons (Fsp3) is 0.875. The topological polar surface area (TPSA) is 37.3 Å². The van der Waals surface area contributed by atoms with Gasteiger partial charge < -0.3 is 5.11 Å². The fourth-order valence-corrected chi connectivity index (χ4v) is 8.37. The average molecular weight is 359 g/mol. The summed E-state index contributed by atoms with van der Waals surface area (Å²) in [6.07, 6.45) is 17.2. The third-order valence-electron chi connectivity index (χ3n) is 9.78. The molecule has 4 aliphatic rings. The molecule has 1 unspecified atom stereocenters. The molecular formula is C24H38O2. The molecule has 26 heavy (non-hydrogen) atoms. The van der Waals surface area contributed by atoms with Crippen LogP contribution in [0.25, 0.3) is 0 Å². The number of rotatable bonds is 4. The number of carbonyl (C=O) groups is 1. The van der Waals surface area contributed by atoms with E-state index >= 15 is 0 Å². The van der Waals surface area contributed by atoms with Crippen molar-refractivity contribution in [3.8, 4) is 0 Å². The molecular weight excluding hydrogens is 320 g/mol. The molecule has 3 fully saturated rings. The standard InChI is InChI=1S/C24H38O2/c1-16(7-12-22(25)26)19-10-11-20-18-9-8-17-6-4-5-14-23(17,2)21(18)13-15-24(19,20)3/h4-5,16-21H,6-15H2,1-3H3,(H,25,26)/t16-,17?,18+,19-,20+,21+,23+,24-/m1/s1. The van der Waals surface area contributed by atoms with Crippen LogP contribution in [0.4, 0.5) is 0 Å². The Morgan fingerprint density at radius 1 is 1.08 bits per heavy atom. The van der Waals surface area contributed by atoms with Gasteiger partial charge in [0.2, 0.25) is 0 Å². The Balaban J connectivity index is 1.53. The minimum atomic E-state index is -0.628. The van der Waals surface area contributed by atoms with Crippen molar-refractivity contribution < 1.29 is 9.90 Å². The van der Waals surface area contributed by atoms with Crippen molar-refractivity contribution in [3.63, 3.8) is 0 Å². The van der Waals surface area contributed by atoms with E-state index < -0.39 is 5.97 Å². The second kappa shape index (κ2) is 6.67. The second-order valence-corrected chi connectivity index (χ2v) is 10.7. The first-order chi connectivity index (χ1) is 12.4. The Morgan fingerprint density at radius 2 is 1.85 bits per heavy atom. The molecule has 2 nitrogen and oxygen atoms in total. The van der Waals surface area contributed by atoms with E-state index in [9.17, 15) is 4.79 Å². The van der Waals surface area contributed by atoms with E-state index in [4.69, 9.17) is 5.11 Å². The molecule has 0 aliphatic heterocycles. The number of hydrogen-bond donors (Lipinski definition) is 1. The van der Waals surface area contributed by atoms with Crippen molar-refractivity contribution >= 4 is 5.97 Å². The van der Waals surface area contributed by atoms with Gasteiger partial charge in [0.15, 0.2) is 0 Å². The van der Waals surface area contributed by atoms with Crippen molar-refractivity contribution in [1.29, 1.82) is 0 Å². The lowest BCUT2D eigenvalue weighted by molar-refractivity contribution is -0.137. The Labute approximate surface area is 159 Å². The van der Waals surface area contributed by atoms with Crippen LogP contribution < -0.4 is 0 Å². The minimum absolute atomic E-state index is 0.344. The van der Waals surface area contributed by atoms with Crippen molar-refractivity contribution in [1.82, 2.24) is 0 Å². The van der Waals surface area contributed by atoms with Crippen LogP contribution in [0.3, 0.4) is 0 Å². The van der Waals surface area contributed by atoms with Gasteiger partial charge in [-0.2, -0.15) is 0 Å². The lowest BCUT2D eigenvalue weighted by Gasteiger charge is -2.60. The first-order valence-corrected chi connectivity index (χ1v) is 11.2. The lowest BCUT2D eigenvalue weighted by atomic mass is 9.45. The zero-order chi connectivity index (χ0) is 18.5. The zero-order valence-electron chi connectivity index (χ0n) is 17.0. The Bertz CT molecular complexity index is 581. The van der Waals surface area contributed by atoms with Gasteiger partial charge in [-0.05, 0) is 104 Å². The molecule has 0 heterocycles. The maximum atomic E-state index is 11.0. The molecule has 0 amide bonds. The van der Waals surface area contributed by atoms with E-state index in [2.05, 4.69) is 32.9 Å². The third kappa shape index (κ3) is 2.78. The molecule has 0 aromatic carbocycles. The largest absolute Gasteiger partial charge is 0.481 e. The van der Waals surface area contributed by atoms with Gasteiger partial charge in [0.1, 0.15) is 0 Å². The molecule has 8 atom stereocenters. The van der Waals surface area contributed by atoms with Gasteiger partial charge in [-0.3, -0.25) is 4.79 Å². The van der Waals surface area contributed by atoms with Crippen LogP contribution >= 0.6 is 0 Å². The summed E-state index contributed by atoms with van der Waals surface area (Å²) in [6, 6.07) is 0. The minimum Gasteiger partial charge on any atom is -0.481 e. The second-order valence-electron chi connectivity index (χ2n) is 10.7. The quantitative estimate of drug-likeness (QED) is 0.598. The molecule has 3 saturated carbocycles. The number of hydrogen-bond acceptors (Lipinski definition) is 1. The van der Waals surface area contributed by atoms with Gasteiger partial charge in [0.05, 0.1) is 0 Å². The molecule has 0 radical (unpaired) electrons. The predicted molar refractivity (Wildman–Crippen MR) is 106 cm³/mol. The van der Waals surface area contributed by atoms with Gasteiger partial charge in [-0.25, -0.2) is 0 Å². The molecule has 0 spiro atoms. The Hall–Kier alpha value is -0.790. The molecule has 0 aromatic heterocycles. The normalized spacial score (nSPS) is 48.3. The van der Waals surface area contributed by atoms with Crippen LogP contribution in [0.1, 0.15) is 85.0 Å². The lowest BCUT2D eigenvalue weighted by Crippen LogP contribution is -2.52. The average Bonchev–Trinajstić information content (AvgIpc) is 2.96.